The fraction of sp³-hybridized carbons (Fsp3) is 0.381. The number of β-amino-alcohol motifs (C(OH)–C–C–N with tert-alkyl or cyclic N) is 1. The number of carbonyl (C=O) groups excluding carboxylic acids is 2. The molecule has 0 radical (unpaired) electrons. The number of hydrogen-bond donors (Lipinski definition) is 4. The highest BCUT2D eigenvalue weighted by Gasteiger charge is 2.23. The Morgan fingerprint density at radius 1 is 1.30 bits per heavy atom. The van der Waals surface area contributed by atoms with Crippen molar-refractivity contribution in [3.63, 3.8) is 0 Å². The number of hydrogen-bond acceptors (Lipinski definition) is 6. The second kappa shape index (κ2) is 10.0. The zero-order valence-corrected chi connectivity index (χ0v) is 16.8. The maximum absolute atomic E-state index is 13.4. The number of amides is 2. The molecule has 30 heavy (non-hydrogen) atoms. The third-order valence-corrected chi connectivity index (χ3v) is 4.90. The minimum Gasteiger partial charge on any atom is -0.391 e. The first-order valence-electron chi connectivity index (χ1n) is 9.87. The van der Waals surface area contributed by atoms with Gasteiger partial charge in [0.25, 0.3) is 5.91 Å². The Morgan fingerprint density at radius 2 is 2.13 bits per heavy atom. The third-order valence-electron chi connectivity index (χ3n) is 4.90. The molecule has 160 valence electrons. The van der Waals surface area contributed by atoms with E-state index in [2.05, 4.69) is 20.9 Å². The van der Waals surface area contributed by atoms with E-state index in [1.54, 1.807) is 18.2 Å². The molecule has 0 unspecified atom stereocenters. The number of nitrogens with one attached hydrogen (secondary N) is 3. The van der Waals surface area contributed by atoms with Crippen LogP contribution in [0.5, 0.6) is 0 Å². The molecule has 3 rings (SSSR count). The van der Waals surface area contributed by atoms with E-state index >= 15 is 0 Å². The first-order chi connectivity index (χ1) is 14.5. The summed E-state index contributed by atoms with van der Waals surface area (Å²) >= 11 is 0. The molecule has 4 N–H and O–H groups in total. The first-order valence-corrected chi connectivity index (χ1v) is 9.87. The molecular weight excluding hydrogens is 389 g/mol. The number of aliphatic hydroxyl groups is 1. The van der Waals surface area contributed by atoms with Crippen molar-refractivity contribution in [2.24, 2.45) is 0 Å². The molecule has 1 aromatic heterocycles. The molecule has 1 aromatic carbocycles. The van der Waals surface area contributed by atoms with Gasteiger partial charge in [-0.2, -0.15) is 0 Å². The Morgan fingerprint density at radius 3 is 2.83 bits per heavy atom. The Hall–Kier alpha value is -3.20. The number of anilines is 2. The molecule has 8 nitrogen and oxygen atoms in total. The molecule has 0 spiro atoms. The number of benzene rings is 1. The predicted molar refractivity (Wildman–Crippen MR) is 112 cm³/mol. The lowest BCUT2D eigenvalue weighted by molar-refractivity contribution is -0.119. The van der Waals surface area contributed by atoms with Crippen LogP contribution in [0, 0.1) is 5.82 Å². The maximum atomic E-state index is 13.4. The highest BCUT2D eigenvalue weighted by Crippen LogP contribution is 2.23. The van der Waals surface area contributed by atoms with Gasteiger partial charge in [-0.15, -0.1) is 0 Å². The molecule has 0 saturated carbocycles. The molecule has 0 bridgehead atoms. The molecule has 0 aliphatic carbocycles. The second-order valence-electron chi connectivity index (χ2n) is 7.12. The van der Waals surface area contributed by atoms with Gasteiger partial charge in [0, 0.05) is 26.7 Å². The number of likely N-dealkylation sites (N-methyl/N-ethyl adjacent to an activating group) is 1. The third kappa shape index (κ3) is 5.66. The zero-order valence-electron chi connectivity index (χ0n) is 16.8. The van der Waals surface area contributed by atoms with E-state index < -0.39 is 12.0 Å². The van der Waals surface area contributed by atoms with E-state index in [4.69, 9.17) is 0 Å². The maximum Gasteiger partial charge on any atom is 0.255 e. The lowest BCUT2D eigenvalue weighted by Gasteiger charge is -2.19. The van der Waals surface area contributed by atoms with Crippen molar-refractivity contribution in [3.8, 4) is 0 Å². The van der Waals surface area contributed by atoms with Gasteiger partial charge >= 0.3 is 0 Å². The summed E-state index contributed by atoms with van der Waals surface area (Å²) in [5.74, 6) is 0.00352. The van der Waals surface area contributed by atoms with E-state index in [1.807, 2.05) is 11.0 Å². The predicted octanol–water partition coefficient (Wildman–Crippen LogP) is 0.922. The first kappa shape index (κ1) is 21.5. The molecule has 1 aliphatic heterocycles. The summed E-state index contributed by atoms with van der Waals surface area (Å²) in [7, 11) is 1.49. The smallest absolute Gasteiger partial charge is 0.255 e. The average molecular weight is 415 g/mol. The molecule has 1 saturated heterocycles. The van der Waals surface area contributed by atoms with Gasteiger partial charge in [0.2, 0.25) is 5.91 Å². The number of carbonyl (C=O) groups is 2. The lowest BCUT2D eigenvalue weighted by atomic mass is 10.1. The van der Waals surface area contributed by atoms with Gasteiger partial charge in [-0.3, -0.25) is 9.59 Å². The minimum absolute atomic E-state index is 0.141. The van der Waals surface area contributed by atoms with Crippen LogP contribution in [0.25, 0.3) is 0 Å². The van der Waals surface area contributed by atoms with Crippen LogP contribution in [-0.4, -0.2) is 61.2 Å². The van der Waals surface area contributed by atoms with Crippen LogP contribution in [-0.2, 0) is 11.2 Å². The van der Waals surface area contributed by atoms with E-state index in [9.17, 15) is 19.1 Å². The summed E-state index contributed by atoms with van der Waals surface area (Å²) in [6.45, 7) is 1.47. The summed E-state index contributed by atoms with van der Waals surface area (Å²) in [5.41, 5.74) is 1.13. The van der Waals surface area contributed by atoms with Crippen molar-refractivity contribution in [1.82, 2.24) is 15.6 Å². The topological polar surface area (TPSA) is 107 Å². The molecule has 2 amide bonds. The van der Waals surface area contributed by atoms with Crippen LogP contribution >= 0.6 is 0 Å². The second-order valence-corrected chi connectivity index (χ2v) is 7.12. The van der Waals surface area contributed by atoms with Crippen molar-refractivity contribution in [2.45, 2.75) is 18.9 Å². The molecule has 1 atom stereocenters. The number of aromatic nitrogens is 1. The molecule has 1 fully saturated rings. The Kier molecular flexibility index (Phi) is 7.18. The number of pyridine rings is 1. The number of rotatable bonds is 8. The van der Waals surface area contributed by atoms with E-state index in [1.165, 1.54) is 19.2 Å². The zero-order chi connectivity index (χ0) is 21.5. The summed E-state index contributed by atoms with van der Waals surface area (Å²) < 4.78 is 13.4. The van der Waals surface area contributed by atoms with Crippen molar-refractivity contribution < 1.29 is 19.1 Å². The van der Waals surface area contributed by atoms with Crippen LogP contribution in [0.15, 0.2) is 36.4 Å². The molecule has 2 heterocycles. The fourth-order valence-electron chi connectivity index (χ4n) is 3.25. The van der Waals surface area contributed by atoms with Crippen LogP contribution in [0.3, 0.4) is 0 Å². The lowest BCUT2D eigenvalue weighted by Crippen LogP contribution is -2.35. The Balaban J connectivity index is 1.74. The monoisotopic (exact) mass is 415 g/mol. The summed E-state index contributed by atoms with van der Waals surface area (Å²) in [5, 5.41) is 18.0. The van der Waals surface area contributed by atoms with Gasteiger partial charge in [-0.1, -0.05) is 12.1 Å². The average Bonchev–Trinajstić information content (AvgIpc) is 3.18. The normalized spacial score (nSPS) is 15.7. The van der Waals surface area contributed by atoms with E-state index in [0.717, 1.165) is 5.56 Å². The van der Waals surface area contributed by atoms with Gasteiger partial charge in [-0.25, -0.2) is 9.37 Å². The van der Waals surface area contributed by atoms with Crippen LogP contribution in [0.2, 0.25) is 0 Å². The van der Waals surface area contributed by atoms with Gasteiger partial charge < -0.3 is 26.0 Å². The van der Waals surface area contributed by atoms with Crippen molar-refractivity contribution in [3.05, 3.63) is 53.3 Å². The van der Waals surface area contributed by atoms with E-state index in [0.29, 0.717) is 49.7 Å². The van der Waals surface area contributed by atoms with Crippen molar-refractivity contribution >= 4 is 23.5 Å². The standard InChI is InChI=1S/C21H26FN5O3/c1-23-19(29)12-25-21(30)17-5-6-18(27-10-8-16(28)13-27)26-20(17)24-9-7-14-3-2-4-15(22)11-14/h2-6,11,16,28H,7-10,12-13H2,1H3,(H,23,29)(H,24,26)(H,25,30)/t16-/m1/s1. The highest BCUT2D eigenvalue weighted by molar-refractivity contribution is 6.00. The van der Waals surface area contributed by atoms with Gasteiger partial charge in [0.1, 0.15) is 17.5 Å². The molecule has 2 aromatic rings. The summed E-state index contributed by atoms with van der Waals surface area (Å²) in [6.07, 6.45) is 0.816. The Labute approximate surface area is 174 Å². The molecular formula is C21H26FN5O3. The number of aliphatic hydroxyl groups excluding tert-OH is 1. The van der Waals surface area contributed by atoms with E-state index in [-0.39, 0.29) is 18.3 Å². The highest BCUT2D eigenvalue weighted by atomic mass is 19.1. The van der Waals surface area contributed by atoms with Crippen molar-refractivity contribution in [1.29, 1.82) is 0 Å². The number of halogens is 1. The van der Waals surface area contributed by atoms with Gasteiger partial charge in [0.15, 0.2) is 0 Å². The van der Waals surface area contributed by atoms with Crippen molar-refractivity contribution in [2.75, 3.05) is 43.4 Å². The van der Waals surface area contributed by atoms with Gasteiger partial charge in [-0.05, 0) is 42.7 Å². The molecule has 1 aliphatic rings. The van der Waals surface area contributed by atoms with Crippen LogP contribution in [0.1, 0.15) is 22.3 Å². The van der Waals surface area contributed by atoms with Crippen LogP contribution in [0.4, 0.5) is 16.0 Å². The largest absolute Gasteiger partial charge is 0.391 e. The fourth-order valence-corrected chi connectivity index (χ4v) is 3.25. The summed E-state index contributed by atoms with van der Waals surface area (Å²) in [6, 6.07) is 9.72. The Bertz CT molecular complexity index is 908. The minimum atomic E-state index is -0.424. The van der Waals surface area contributed by atoms with Gasteiger partial charge in [0.05, 0.1) is 18.2 Å². The summed E-state index contributed by atoms with van der Waals surface area (Å²) in [4.78, 5) is 30.5. The molecule has 9 heteroatoms. The van der Waals surface area contributed by atoms with Crippen LogP contribution < -0.4 is 20.9 Å². The SMILES string of the molecule is CNC(=O)CNC(=O)c1ccc(N2CC[C@@H](O)C2)nc1NCCc1cccc(F)c1. The number of nitrogens with zero attached hydrogens (tertiary/aromatic N) is 2. The quantitative estimate of drug-likeness (QED) is 0.511.